The molecule has 0 saturated carbocycles. The van der Waals surface area contributed by atoms with Gasteiger partial charge in [0.05, 0.1) is 0 Å². The molecule has 0 aliphatic heterocycles. The largest absolute Gasteiger partial charge is 0.399 e. The van der Waals surface area contributed by atoms with Gasteiger partial charge in [-0.25, -0.2) is 0 Å². The Balaban J connectivity index is 0.000000490. The minimum Gasteiger partial charge on any atom is -0.399 e. The second-order valence-electron chi connectivity index (χ2n) is 1.41. The van der Waals surface area contributed by atoms with Crippen LogP contribution in [0.25, 0.3) is 0 Å². The Kier molecular flexibility index (Phi) is 3.79. The predicted molar refractivity (Wildman–Crippen MR) is 30.9 cm³/mol. The summed E-state index contributed by atoms with van der Waals surface area (Å²) in [5, 5.41) is 0. The van der Waals surface area contributed by atoms with Gasteiger partial charge in [0.25, 0.3) is 0 Å². The number of nitrogen functional groups attached to an aromatic ring is 1. The van der Waals surface area contributed by atoms with E-state index in [2.05, 4.69) is 0 Å². The molecule has 2 N–H and O–H groups in total. The van der Waals surface area contributed by atoms with Crippen molar-refractivity contribution in [1.29, 1.82) is 0 Å². The van der Waals surface area contributed by atoms with Crippen molar-refractivity contribution in [1.82, 2.24) is 0 Å². The van der Waals surface area contributed by atoms with Crippen LogP contribution in [0.4, 0.5) is 5.69 Å². The summed E-state index contributed by atoms with van der Waals surface area (Å²) in [5.74, 6) is 0. The Bertz CT molecular complexity index is 138. The molecule has 2 heteroatoms. The molecule has 0 unspecified atom stereocenters. The third kappa shape index (κ3) is 2.26. The Morgan fingerprint density at radius 1 is 1.00 bits per heavy atom. The number of hydrogen-bond acceptors (Lipinski definition) is 1. The Labute approximate surface area is 67.7 Å². The van der Waals surface area contributed by atoms with Crippen molar-refractivity contribution in [2.24, 2.45) is 0 Å². The normalized spacial score (nSPS) is 7.50. The summed E-state index contributed by atoms with van der Waals surface area (Å²) in [6.45, 7) is 0. The maximum atomic E-state index is 5.36. The predicted octanol–water partition coefficient (Wildman–Crippen LogP) is 1.27. The first-order valence-corrected chi connectivity index (χ1v) is 2.20. The number of hydrogen-bond donors (Lipinski definition) is 1. The first kappa shape index (κ1) is 7.89. The van der Waals surface area contributed by atoms with E-state index >= 15 is 0 Å². The molecule has 0 aliphatic carbocycles. The maximum Gasteiger partial charge on any atom is 0.0313 e. The van der Waals surface area contributed by atoms with Gasteiger partial charge in [-0.05, 0) is 12.1 Å². The number of nitrogens with two attached hydrogens (primary N) is 1. The van der Waals surface area contributed by atoms with Crippen LogP contribution in [-0.4, -0.2) is 0 Å². The number of benzene rings is 1. The van der Waals surface area contributed by atoms with Crippen LogP contribution in [0.1, 0.15) is 0 Å². The fourth-order valence-electron chi connectivity index (χ4n) is 0.453. The summed E-state index contributed by atoms with van der Waals surface area (Å²) in [7, 11) is 0. The second kappa shape index (κ2) is 3.84. The van der Waals surface area contributed by atoms with Crippen molar-refractivity contribution in [2.45, 2.75) is 0 Å². The average molecular weight is 138 g/mol. The maximum absolute atomic E-state index is 5.36. The fraction of sp³-hybridized carbons (Fsp3) is 0. The molecule has 1 radical (unpaired) electrons. The molecular formula is C6H7NSc. The molecule has 0 aromatic heterocycles. The third-order valence-electron chi connectivity index (χ3n) is 0.800. The smallest absolute Gasteiger partial charge is 0.0313 e. The van der Waals surface area contributed by atoms with Crippen LogP contribution >= 0.6 is 0 Å². The van der Waals surface area contributed by atoms with Gasteiger partial charge in [0.2, 0.25) is 0 Å². The van der Waals surface area contributed by atoms with Crippen molar-refractivity contribution in [3.63, 3.8) is 0 Å². The standard InChI is InChI=1S/C6H7N.Sc/c7-6-4-2-1-3-5-6;/h1-5H,7H2;. The fourth-order valence-corrected chi connectivity index (χ4v) is 0.453. The van der Waals surface area contributed by atoms with Crippen molar-refractivity contribution in [3.8, 4) is 0 Å². The molecule has 0 aliphatic rings. The minimum absolute atomic E-state index is 0. The van der Waals surface area contributed by atoms with Crippen LogP contribution in [0.2, 0.25) is 0 Å². The van der Waals surface area contributed by atoms with Crippen molar-refractivity contribution in [3.05, 3.63) is 30.3 Å². The van der Waals surface area contributed by atoms with Gasteiger partial charge in [0.1, 0.15) is 0 Å². The van der Waals surface area contributed by atoms with Crippen LogP contribution in [0.5, 0.6) is 0 Å². The van der Waals surface area contributed by atoms with Crippen molar-refractivity contribution >= 4 is 5.69 Å². The molecule has 0 spiro atoms. The molecule has 8 heavy (non-hydrogen) atoms. The summed E-state index contributed by atoms with van der Waals surface area (Å²) in [5.41, 5.74) is 6.18. The summed E-state index contributed by atoms with van der Waals surface area (Å²) in [4.78, 5) is 0. The second-order valence-corrected chi connectivity index (χ2v) is 1.41. The number of anilines is 1. The quantitative estimate of drug-likeness (QED) is 0.536. The van der Waals surface area contributed by atoms with E-state index < -0.39 is 0 Å². The summed E-state index contributed by atoms with van der Waals surface area (Å²) in [6.07, 6.45) is 0. The van der Waals surface area contributed by atoms with Crippen LogP contribution in [0, 0.1) is 0 Å². The zero-order chi connectivity index (χ0) is 5.11. The van der Waals surface area contributed by atoms with Crippen LogP contribution in [0.15, 0.2) is 30.3 Å². The van der Waals surface area contributed by atoms with Gasteiger partial charge in [0, 0.05) is 31.5 Å². The van der Waals surface area contributed by atoms with E-state index in [1.165, 1.54) is 0 Å². The summed E-state index contributed by atoms with van der Waals surface area (Å²) < 4.78 is 0. The summed E-state index contributed by atoms with van der Waals surface area (Å²) >= 11 is 0. The molecule has 1 aromatic rings. The molecule has 0 heterocycles. The molecule has 1 nitrogen and oxygen atoms in total. The Hall–Kier alpha value is -0.110. The molecule has 0 atom stereocenters. The van der Waals surface area contributed by atoms with Gasteiger partial charge in [-0.15, -0.1) is 0 Å². The van der Waals surface area contributed by atoms with Crippen molar-refractivity contribution < 1.29 is 25.8 Å². The molecule has 1 aromatic carbocycles. The van der Waals surface area contributed by atoms with Crippen molar-refractivity contribution in [2.75, 3.05) is 5.73 Å². The average Bonchev–Trinajstić information content (AvgIpc) is 1.69. The van der Waals surface area contributed by atoms with E-state index in [0.29, 0.717) is 0 Å². The number of rotatable bonds is 0. The first-order valence-electron chi connectivity index (χ1n) is 2.20. The van der Waals surface area contributed by atoms with E-state index in [9.17, 15) is 0 Å². The van der Waals surface area contributed by atoms with Crippen LogP contribution < -0.4 is 5.73 Å². The molecule has 1 rings (SSSR count). The van der Waals surface area contributed by atoms with E-state index in [-0.39, 0.29) is 25.8 Å². The zero-order valence-corrected chi connectivity index (χ0v) is 6.34. The van der Waals surface area contributed by atoms with E-state index in [0.717, 1.165) is 5.69 Å². The SMILES string of the molecule is Nc1ccccc1.[Sc]. The van der Waals surface area contributed by atoms with Gasteiger partial charge < -0.3 is 5.73 Å². The zero-order valence-electron chi connectivity index (χ0n) is 4.54. The molecule has 0 amide bonds. The molecule has 0 bridgehead atoms. The third-order valence-corrected chi connectivity index (χ3v) is 0.800. The van der Waals surface area contributed by atoms with Crippen LogP contribution in [-0.2, 0) is 25.8 Å². The molecule has 0 fully saturated rings. The topological polar surface area (TPSA) is 26.0 Å². The van der Waals surface area contributed by atoms with Gasteiger partial charge in [0.15, 0.2) is 0 Å². The van der Waals surface area contributed by atoms with Gasteiger partial charge >= 0.3 is 0 Å². The van der Waals surface area contributed by atoms with Gasteiger partial charge in [-0.3, -0.25) is 0 Å². The van der Waals surface area contributed by atoms with E-state index in [4.69, 9.17) is 5.73 Å². The Morgan fingerprint density at radius 2 is 1.50 bits per heavy atom. The molecule has 39 valence electrons. The Morgan fingerprint density at radius 3 is 1.75 bits per heavy atom. The minimum atomic E-state index is 0. The van der Waals surface area contributed by atoms with Gasteiger partial charge in [-0.2, -0.15) is 0 Å². The van der Waals surface area contributed by atoms with Gasteiger partial charge in [-0.1, -0.05) is 18.2 Å². The molecule has 0 saturated heterocycles. The van der Waals surface area contributed by atoms with Crippen LogP contribution in [0.3, 0.4) is 0 Å². The first-order chi connectivity index (χ1) is 3.39. The molecular weight excluding hydrogens is 131 g/mol. The van der Waals surface area contributed by atoms with E-state index in [1.807, 2.05) is 30.3 Å². The monoisotopic (exact) mass is 138 g/mol. The summed E-state index contributed by atoms with van der Waals surface area (Å²) in [6, 6.07) is 9.49. The number of para-hydroxylation sites is 1. The van der Waals surface area contributed by atoms with E-state index in [1.54, 1.807) is 0 Å².